The first-order valence-electron chi connectivity index (χ1n) is 7.90. The molecule has 0 aromatic carbocycles. The minimum absolute atomic E-state index is 0.477. The van der Waals surface area contributed by atoms with Crippen LogP contribution in [0.2, 0.25) is 0 Å². The van der Waals surface area contributed by atoms with E-state index in [1.165, 1.54) is 43.9 Å². The first-order chi connectivity index (χ1) is 9.70. The smallest absolute Gasteiger partial charge is 0.0386 e. The van der Waals surface area contributed by atoms with Gasteiger partial charge >= 0.3 is 0 Å². The zero-order valence-electron chi connectivity index (χ0n) is 13.1. The molecule has 0 bridgehead atoms. The van der Waals surface area contributed by atoms with E-state index in [0.29, 0.717) is 6.04 Å². The van der Waals surface area contributed by atoms with Gasteiger partial charge in [-0.25, -0.2) is 0 Å². The second-order valence-electron chi connectivity index (χ2n) is 5.91. The van der Waals surface area contributed by atoms with E-state index in [9.17, 15) is 0 Å². The Morgan fingerprint density at radius 2 is 2.30 bits per heavy atom. The molecular weight excluding hydrogens is 266 g/mol. The van der Waals surface area contributed by atoms with Crippen LogP contribution in [0, 0.1) is 0 Å². The molecule has 4 heteroatoms. The first-order valence-corrected chi connectivity index (χ1v) is 8.78. The zero-order valence-corrected chi connectivity index (χ0v) is 14.0. The molecule has 0 aliphatic carbocycles. The van der Waals surface area contributed by atoms with Gasteiger partial charge in [0.2, 0.25) is 0 Å². The fourth-order valence-corrected chi connectivity index (χ4v) is 3.80. The molecule has 2 rings (SSSR count). The van der Waals surface area contributed by atoms with Crippen molar-refractivity contribution in [1.82, 2.24) is 15.1 Å². The zero-order chi connectivity index (χ0) is 14.4. The number of nitrogens with one attached hydrogen (secondary N) is 1. The van der Waals surface area contributed by atoms with Crippen LogP contribution in [0.15, 0.2) is 17.5 Å². The molecule has 3 nitrogen and oxygen atoms in total. The lowest BCUT2D eigenvalue weighted by Gasteiger charge is -2.30. The van der Waals surface area contributed by atoms with Gasteiger partial charge < -0.3 is 10.2 Å². The van der Waals surface area contributed by atoms with Crippen molar-refractivity contribution >= 4 is 11.3 Å². The molecule has 1 saturated heterocycles. The van der Waals surface area contributed by atoms with Crippen LogP contribution in [-0.4, -0.2) is 55.6 Å². The maximum Gasteiger partial charge on any atom is 0.0386 e. The van der Waals surface area contributed by atoms with Gasteiger partial charge in [0, 0.05) is 36.6 Å². The van der Waals surface area contributed by atoms with E-state index in [0.717, 1.165) is 12.6 Å². The molecule has 1 aliphatic rings. The van der Waals surface area contributed by atoms with Gasteiger partial charge in [-0.05, 0) is 51.3 Å². The quantitative estimate of drug-likeness (QED) is 0.870. The van der Waals surface area contributed by atoms with Crippen molar-refractivity contribution in [3.05, 3.63) is 22.4 Å². The number of thiophene rings is 1. The average Bonchev–Trinajstić information content (AvgIpc) is 2.91. The lowest BCUT2D eigenvalue weighted by atomic mass is 10.2. The van der Waals surface area contributed by atoms with Crippen molar-refractivity contribution in [3.63, 3.8) is 0 Å². The van der Waals surface area contributed by atoms with E-state index in [-0.39, 0.29) is 0 Å². The fraction of sp³-hybridized carbons (Fsp3) is 0.750. The minimum Gasteiger partial charge on any atom is -0.308 e. The van der Waals surface area contributed by atoms with Gasteiger partial charge in [0.05, 0.1) is 0 Å². The van der Waals surface area contributed by atoms with Crippen LogP contribution >= 0.6 is 11.3 Å². The van der Waals surface area contributed by atoms with Crippen molar-refractivity contribution in [3.8, 4) is 0 Å². The van der Waals surface area contributed by atoms with Crippen molar-refractivity contribution < 1.29 is 0 Å². The third-order valence-electron chi connectivity index (χ3n) is 4.31. The van der Waals surface area contributed by atoms with Crippen molar-refractivity contribution in [1.29, 1.82) is 0 Å². The summed E-state index contributed by atoms with van der Waals surface area (Å²) in [5.41, 5.74) is 0. The van der Waals surface area contributed by atoms with E-state index in [1.807, 2.05) is 11.3 Å². The number of nitrogens with zero attached hydrogens (tertiary/aromatic N) is 2. The highest BCUT2D eigenvalue weighted by Crippen LogP contribution is 2.18. The molecule has 0 radical (unpaired) electrons. The number of hydrogen-bond donors (Lipinski definition) is 1. The Morgan fingerprint density at radius 1 is 1.45 bits per heavy atom. The summed E-state index contributed by atoms with van der Waals surface area (Å²) in [5, 5.41) is 5.82. The predicted molar refractivity (Wildman–Crippen MR) is 88.5 cm³/mol. The molecule has 0 saturated carbocycles. The highest BCUT2D eigenvalue weighted by atomic mass is 32.1. The van der Waals surface area contributed by atoms with Crippen LogP contribution in [0.3, 0.4) is 0 Å². The standard InChI is InChI=1S/C16H29N3S/c1-4-15-13-18(3)9-6-10-19(15)11-8-17-14(2)16-7-5-12-20-16/h5,7,12,14-15,17H,4,6,8-11,13H2,1-3H3. The van der Waals surface area contributed by atoms with Gasteiger partial charge in [0.15, 0.2) is 0 Å². The Labute approximate surface area is 128 Å². The van der Waals surface area contributed by atoms with Crippen LogP contribution < -0.4 is 5.32 Å². The summed E-state index contributed by atoms with van der Waals surface area (Å²) >= 11 is 1.84. The lowest BCUT2D eigenvalue weighted by Crippen LogP contribution is -2.43. The number of rotatable bonds is 6. The Hall–Kier alpha value is -0.420. The Morgan fingerprint density at radius 3 is 3.00 bits per heavy atom. The van der Waals surface area contributed by atoms with Gasteiger partial charge in [0.25, 0.3) is 0 Å². The second-order valence-corrected chi connectivity index (χ2v) is 6.88. The number of likely N-dealkylation sites (N-methyl/N-ethyl adjacent to an activating group) is 1. The fourth-order valence-electron chi connectivity index (χ4n) is 3.04. The molecule has 2 heterocycles. The summed E-state index contributed by atoms with van der Waals surface area (Å²) in [6.45, 7) is 10.5. The van der Waals surface area contributed by atoms with E-state index < -0.39 is 0 Å². The monoisotopic (exact) mass is 295 g/mol. The van der Waals surface area contributed by atoms with Crippen LogP contribution in [0.4, 0.5) is 0 Å². The third-order valence-corrected chi connectivity index (χ3v) is 5.37. The molecule has 1 N–H and O–H groups in total. The number of hydrogen-bond acceptors (Lipinski definition) is 4. The van der Waals surface area contributed by atoms with Gasteiger partial charge in [-0.1, -0.05) is 13.0 Å². The molecule has 114 valence electrons. The molecule has 1 fully saturated rings. The molecular formula is C16H29N3S. The summed E-state index contributed by atoms with van der Waals surface area (Å²) in [4.78, 5) is 6.60. The van der Waals surface area contributed by atoms with Gasteiger partial charge in [-0.15, -0.1) is 11.3 Å². The average molecular weight is 295 g/mol. The Balaban J connectivity index is 1.77. The van der Waals surface area contributed by atoms with Crippen LogP contribution in [0.5, 0.6) is 0 Å². The van der Waals surface area contributed by atoms with Crippen molar-refractivity contribution in [2.45, 2.75) is 38.8 Å². The lowest BCUT2D eigenvalue weighted by molar-refractivity contribution is 0.183. The van der Waals surface area contributed by atoms with Crippen LogP contribution in [0.25, 0.3) is 0 Å². The van der Waals surface area contributed by atoms with E-state index in [4.69, 9.17) is 0 Å². The normalized spacial score (nSPS) is 23.6. The van der Waals surface area contributed by atoms with Crippen LogP contribution in [-0.2, 0) is 0 Å². The highest BCUT2D eigenvalue weighted by molar-refractivity contribution is 7.10. The second kappa shape index (κ2) is 8.13. The van der Waals surface area contributed by atoms with Gasteiger partial charge in [-0.3, -0.25) is 4.90 Å². The third kappa shape index (κ3) is 4.55. The summed E-state index contributed by atoms with van der Waals surface area (Å²) in [5.74, 6) is 0. The molecule has 2 unspecified atom stereocenters. The Bertz CT molecular complexity index is 366. The first kappa shape index (κ1) is 16.0. The molecule has 0 amide bonds. The largest absolute Gasteiger partial charge is 0.308 e. The summed E-state index contributed by atoms with van der Waals surface area (Å²) in [6, 6.07) is 5.56. The predicted octanol–water partition coefficient (Wildman–Crippen LogP) is 2.81. The van der Waals surface area contributed by atoms with Crippen molar-refractivity contribution in [2.24, 2.45) is 0 Å². The SMILES string of the molecule is CCC1CN(C)CCCN1CCNC(C)c1cccs1. The van der Waals surface area contributed by atoms with E-state index in [1.54, 1.807) is 0 Å². The summed E-state index contributed by atoms with van der Waals surface area (Å²) in [6.07, 6.45) is 2.55. The van der Waals surface area contributed by atoms with E-state index >= 15 is 0 Å². The molecule has 1 aromatic rings. The topological polar surface area (TPSA) is 18.5 Å². The van der Waals surface area contributed by atoms with Crippen molar-refractivity contribution in [2.75, 3.05) is 39.8 Å². The highest BCUT2D eigenvalue weighted by Gasteiger charge is 2.21. The summed E-state index contributed by atoms with van der Waals surface area (Å²) < 4.78 is 0. The Kier molecular flexibility index (Phi) is 6.49. The molecule has 0 spiro atoms. The molecule has 20 heavy (non-hydrogen) atoms. The maximum atomic E-state index is 3.66. The summed E-state index contributed by atoms with van der Waals surface area (Å²) in [7, 11) is 2.25. The van der Waals surface area contributed by atoms with Gasteiger partial charge in [-0.2, -0.15) is 0 Å². The van der Waals surface area contributed by atoms with Crippen LogP contribution in [0.1, 0.15) is 37.6 Å². The minimum atomic E-state index is 0.477. The molecule has 1 aliphatic heterocycles. The van der Waals surface area contributed by atoms with Gasteiger partial charge in [0.1, 0.15) is 0 Å². The van der Waals surface area contributed by atoms with E-state index in [2.05, 4.69) is 53.5 Å². The molecule has 1 aromatic heterocycles. The maximum absolute atomic E-state index is 3.66. The molecule has 2 atom stereocenters.